The summed E-state index contributed by atoms with van der Waals surface area (Å²) in [5.41, 5.74) is 7.29. The molecule has 4 nitrogen and oxygen atoms in total. The Balaban J connectivity index is 1.27. The van der Waals surface area contributed by atoms with Gasteiger partial charge >= 0.3 is 0 Å². The van der Waals surface area contributed by atoms with Gasteiger partial charge in [0, 0.05) is 49.8 Å². The third-order valence-corrected chi connectivity index (χ3v) is 5.86. The summed E-state index contributed by atoms with van der Waals surface area (Å²) in [6, 6.07) is 15.1. The van der Waals surface area contributed by atoms with Crippen LogP contribution in [0.15, 0.2) is 60.8 Å². The maximum absolute atomic E-state index is 10.5. The zero-order valence-corrected chi connectivity index (χ0v) is 17.3. The number of allylic oxidation sites excluding steroid dienone is 1. The summed E-state index contributed by atoms with van der Waals surface area (Å²) >= 11 is 0. The maximum atomic E-state index is 10.5. The number of β-amino-alcohol motifs (C(OH)–C–C–N with tert-alkyl or cyclic N) is 1. The second-order valence-corrected chi connectivity index (χ2v) is 8.19. The van der Waals surface area contributed by atoms with E-state index in [4.69, 9.17) is 0 Å². The van der Waals surface area contributed by atoms with Crippen molar-refractivity contribution in [2.24, 2.45) is 0 Å². The lowest BCUT2D eigenvalue weighted by molar-refractivity contribution is 0.142. The largest absolute Gasteiger partial charge is 0.388 e. The molecule has 0 spiro atoms. The number of rotatable bonds is 5. The van der Waals surface area contributed by atoms with Gasteiger partial charge in [0.1, 0.15) is 0 Å². The van der Waals surface area contributed by atoms with Crippen molar-refractivity contribution in [1.82, 2.24) is 4.90 Å². The number of hydrogen-bond acceptors (Lipinski definition) is 4. The molecular formula is C25H31N3O. The van der Waals surface area contributed by atoms with E-state index in [0.29, 0.717) is 6.54 Å². The minimum Gasteiger partial charge on any atom is -0.388 e. The highest BCUT2D eigenvalue weighted by molar-refractivity contribution is 5.63. The first-order valence-electron chi connectivity index (χ1n) is 10.5. The monoisotopic (exact) mass is 389 g/mol. The number of hydrogen-bond donors (Lipinski definition) is 2. The molecule has 29 heavy (non-hydrogen) atoms. The summed E-state index contributed by atoms with van der Waals surface area (Å²) in [5, 5.41) is 13.8. The number of aryl methyl sites for hydroxylation is 2. The Hall–Kier alpha value is -2.56. The highest BCUT2D eigenvalue weighted by atomic mass is 16.3. The summed E-state index contributed by atoms with van der Waals surface area (Å²) in [7, 11) is 0. The van der Waals surface area contributed by atoms with Crippen LogP contribution in [-0.4, -0.2) is 48.8 Å². The van der Waals surface area contributed by atoms with E-state index in [9.17, 15) is 5.11 Å². The van der Waals surface area contributed by atoms with E-state index in [1.54, 1.807) is 0 Å². The molecule has 2 aromatic carbocycles. The predicted molar refractivity (Wildman–Crippen MR) is 122 cm³/mol. The third kappa shape index (κ3) is 5.08. The molecule has 4 heteroatoms. The average molecular weight is 390 g/mol. The lowest BCUT2D eigenvalue weighted by atomic mass is 9.99. The fourth-order valence-electron chi connectivity index (χ4n) is 4.08. The molecule has 1 fully saturated rings. The molecule has 0 saturated carbocycles. The smallest absolute Gasteiger partial charge is 0.0851 e. The number of aliphatic hydroxyl groups excluding tert-OH is 1. The van der Waals surface area contributed by atoms with Crippen molar-refractivity contribution in [3.63, 3.8) is 0 Å². The first kappa shape index (κ1) is 19.7. The van der Waals surface area contributed by atoms with Gasteiger partial charge in [-0.15, -0.1) is 0 Å². The van der Waals surface area contributed by atoms with Gasteiger partial charge in [0.15, 0.2) is 0 Å². The van der Waals surface area contributed by atoms with Gasteiger partial charge in [-0.1, -0.05) is 42.5 Å². The highest BCUT2D eigenvalue weighted by Crippen LogP contribution is 2.27. The molecule has 1 atom stereocenters. The number of aliphatic hydroxyl groups is 1. The second-order valence-electron chi connectivity index (χ2n) is 8.19. The number of anilines is 2. The van der Waals surface area contributed by atoms with Crippen molar-refractivity contribution in [2.45, 2.75) is 25.9 Å². The molecule has 0 amide bonds. The fourth-order valence-corrected chi connectivity index (χ4v) is 4.08. The summed E-state index contributed by atoms with van der Waals surface area (Å²) < 4.78 is 0. The zero-order chi connectivity index (χ0) is 20.2. The van der Waals surface area contributed by atoms with Crippen LogP contribution < -0.4 is 10.2 Å². The van der Waals surface area contributed by atoms with Gasteiger partial charge in [0.2, 0.25) is 0 Å². The predicted octanol–water partition coefficient (Wildman–Crippen LogP) is 4.06. The molecule has 152 valence electrons. The quantitative estimate of drug-likeness (QED) is 0.809. The van der Waals surface area contributed by atoms with Crippen LogP contribution in [0, 0.1) is 6.92 Å². The fraction of sp³-hybridized carbons (Fsp3) is 0.360. The van der Waals surface area contributed by atoms with E-state index < -0.39 is 6.10 Å². The van der Waals surface area contributed by atoms with Gasteiger partial charge < -0.3 is 15.3 Å². The van der Waals surface area contributed by atoms with E-state index in [1.165, 1.54) is 16.8 Å². The van der Waals surface area contributed by atoms with Gasteiger partial charge in [-0.05, 0) is 55.2 Å². The van der Waals surface area contributed by atoms with Crippen LogP contribution in [0.5, 0.6) is 0 Å². The molecule has 4 rings (SSSR count). The molecule has 2 aliphatic rings. The van der Waals surface area contributed by atoms with Crippen LogP contribution in [0.2, 0.25) is 0 Å². The SMILES string of the molecule is C=C1CCc2cc(/C=C/[C@@H](O)CN3CCN(c4ccc(C)cc4)CC3)ccc2N1. The van der Waals surface area contributed by atoms with E-state index in [1.807, 2.05) is 12.2 Å². The van der Waals surface area contributed by atoms with Crippen molar-refractivity contribution < 1.29 is 5.11 Å². The van der Waals surface area contributed by atoms with Gasteiger partial charge in [-0.3, -0.25) is 4.90 Å². The molecule has 1 saturated heterocycles. The average Bonchev–Trinajstić information content (AvgIpc) is 2.73. The molecule has 2 aromatic rings. The Bertz CT molecular complexity index is 879. The van der Waals surface area contributed by atoms with Crippen LogP contribution in [0.4, 0.5) is 11.4 Å². The van der Waals surface area contributed by atoms with Crippen LogP contribution in [0.25, 0.3) is 6.08 Å². The van der Waals surface area contributed by atoms with Gasteiger partial charge in [-0.2, -0.15) is 0 Å². The summed E-state index contributed by atoms with van der Waals surface area (Å²) in [6.07, 6.45) is 5.52. The zero-order valence-electron chi connectivity index (χ0n) is 17.3. The van der Waals surface area contributed by atoms with Crippen molar-refractivity contribution in [3.05, 3.63) is 77.5 Å². The van der Waals surface area contributed by atoms with Gasteiger partial charge in [0.05, 0.1) is 6.10 Å². The van der Waals surface area contributed by atoms with Gasteiger partial charge in [-0.25, -0.2) is 0 Å². The van der Waals surface area contributed by atoms with Crippen molar-refractivity contribution >= 4 is 17.5 Å². The Morgan fingerprint density at radius 1 is 1.07 bits per heavy atom. The van der Waals surface area contributed by atoms with Crippen LogP contribution in [0.3, 0.4) is 0 Å². The summed E-state index contributed by atoms with van der Waals surface area (Å²) in [5.74, 6) is 0. The van der Waals surface area contributed by atoms with Gasteiger partial charge in [0.25, 0.3) is 0 Å². The first-order valence-corrected chi connectivity index (χ1v) is 10.5. The Labute approximate surface area is 174 Å². The summed E-state index contributed by atoms with van der Waals surface area (Å²) in [6.45, 7) is 10.8. The molecule has 2 heterocycles. The number of fused-ring (bicyclic) bond motifs is 1. The molecule has 0 aromatic heterocycles. The van der Waals surface area contributed by atoms with E-state index in [0.717, 1.165) is 56.0 Å². The minimum atomic E-state index is -0.449. The Morgan fingerprint density at radius 3 is 2.59 bits per heavy atom. The number of nitrogens with zero attached hydrogens (tertiary/aromatic N) is 2. The Kier molecular flexibility index (Phi) is 6.02. The molecule has 2 aliphatic heterocycles. The molecule has 2 N–H and O–H groups in total. The highest BCUT2D eigenvalue weighted by Gasteiger charge is 2.18. The number of piperazine rings is 1. The van der Waals surface area contributed by atoms with Crippen molar-refractivity contribution in [3.8, 4) is 0 Å². The normalized spacial score (nSPS) is 18.6. The van der Waals surface area contributed by atoms with Crippen molar-refractivity contribution in [1.29, 1.82) is 0 Å². The van der Waals surface area contributed by atoms with E-state index >= 15 is 0 Å². The standard InChI is InChI=1S/C25H31N3O/c1-19-3-9-23(10-4-19)28-15-13-27(14-16-28)18-24(29)11-6-21-7-12-25-22(17-21)8-5-20(2)26-25/h3-4,6-7,9-12,17,24,26,29H,2,5,8,13-16,18H2,1H3/b11-6+/t24-/m1/s1. The molecule has 0 bridgehead atoms. The Morgan fingerprint density at radius 2 is 1.83 bits per heavy atom. The number of nitrogens with one attached hydrogen (secondary N) is 1. The van der Waals surface area contributed by atoms with Crippen LogP contribution >= 0.6 is 0 Å². The lowest BCUT2D eigenvalue weighted by Gasteiger charge is -2.36. The second kappa shape index (κ2) is 8.85. The molecule has 0 radical (unpaired) electrons. The molecule has 0 aliphatic carbocycles. The summed E-state index contributed by atoms with van der Waals surface area (Å²) in [4.78, 5) is 4.77. The number of benzene rings is 2. The first-order chi connectivity index (χ1) is 14.1. The third-order valence-electron chi connectivity index (χ3n) is 5.86. The molecule has 0 unspecified atom stereocenters. The van der Waals surface area contributed by atoms with E-state index in [-0.39, 0.29) is 0 Å². The molecular weight excluding hydrogens is 358 g/mol. The van der Waals surface area contributed by atoms with E-state index in [2.05, 4.69) is 71.1 Å². The van der Waals surface area contributed by atoms with Crippen LogP contribution in [0.1, 0.15) is 23.1 Å². The maximum Gasteiger partial charge on any atom is 0.0851 e. The topological polar surface area (TPSA) is 38.7 Å². The van der Waals surface area contributed by atoms with Crippen LogP contribution in [-0.2, 0) is 6.42 Å². The van der Waals surface area contributed by atoms with Crippen molar-refractivity contribution in [2.75, 3.05) is 42.9 Å². The minimum absolute atomic E-state index is 0.449. The lowest BCUT2D eigenvalue weighted by Crippen LogP contribution is -2.48.